The van der Waals surface area contributed by atoms with Crippen LogP contribution in [-0.4, -0.2) is 17.4 Å². The Kier molecular flexibility index (Phi) is 2.96. The van der Waals surface area contributed by atoms with E-state index in [1.165, 1.54) is 11.3 Å². The fraction of sp³-hybridized carbons (Fsp3) is 0.231. The number of thiazole rings is 1. The van der Waals surface area contributed by atoms with E-state index in [0.29, 0.717) is 0 Å². The highest BCUT2D eigenvalue weighted by molar-refractivity contribution is 7.13. The fourth-order valence-electron chi connectivity index (χ4n) is 2.01. The minimum Gasteiger partial charge on any atom is -0.323 e. The number of fused-ring (bicyclic) bond motifs is 1. The van der Waals surface area contributed by atoms with Crippen LogP contribution in [0.15, 0.2) is 29.6 Å². The van der Waals surface area contributed by atoms with E-state index in [2.05, 4.69) is 10.3 Å². The summed E-state index contributed by atoms with van der Waals surface area (Å²) in [7, 11) is 0. The Balaban J connectivity index is 2.02. The van der Waals surface area contributed by atoms with E-state index in [-0.39, 0.29) is 18.5 Å². The van der Waals surface area contributed by atoms with Crippen LogP contribution in [-0.2, 0) is 4.79 Å². The number of hydrogen-bond donors (Lipinski definition) is 2. The largest absolute Gasteiger partial charge is 0.323 e. The molecule has 1 aliphatic rings. The van der Waals surface area contributed by atoms with Crippen molar-refractivity contribution >= 4 is 33.8 Å². The minimum atomic E-state index is -0.0983. The predicted molar refractivity (Wildman–Crippen MR) is 76.8 cm³/mol. The lowest BCUT2D eigenvalue weighted by molar-refractivity contribution is -0.115. The van der Waals surface area contributed by atoms with Crippen LogP contribution >= 0.6 is 11.3 Å². The van der Waals surface area contributed by atoms with Crippen LogP contribution in [0.3, 0.4) is 0 Å². The first-order valence-electron chi connectivity index (χ1n) is 6.02. The van der Waals surface area contributed by atoms with Gasteiger partial charge in [-0.3, -0.25) is 4.79 Å². The highest BCUT2D eigenvalue weighted by Gasteiger charge is 2.24. The lowest BCUT2D eigenvalue weighted by Gasteiger charge is -2.28. The molecule has 1 aliphatic heterocycles. The van der Waals surface area contributed by atoms with Crippen molar-refractivity contribution in [1.29, 1.82) is 0 Å². The number of carbonyl (C=O) groups is 1. The molecule has 0 aliphatic carbocycles. The van der Waals surface area contributed by atoms with Crippen LogP contribution in [0.5, 0.6) is 0 Å². The van der Waals surface area contributed by atoms with E-state index >= 15 is 0 Å². The van der Waals surface area contributed by atoms with Crippen LogP contribution in [0, 0.1) is 0 Å². The zero-order chi connectivity index (χ0) is 13.4. The Morgan fingerprint density at radius 3 is 3.00 bits per heavy atom. The smallest absolute Gasteiger partial charge is 0.244 e. The highest BCUT2D eigenvalue weighted by atomic mass is 32.1. The molecule has 98 valence electrons. The molecule has 0 spiro atoms. The molecule has 0 bridgehead atoms. The molecule has 6 heteroatoms. The Hall–Kier alpha value is -1.92. The number of rotatable bonds is 2. The molecule has 0 radical (unpaired) electrons. The van der Waals surface area contributed by atoms with Gasteiger partial charge in [-0.2, -0.15) is 0 Å². The summed E-state index contributed by atoms with van der Waals surface area (Å²) < 4.78 is 0. The number of aromatic nitrogens is 1. The van der Waals surface area contributed by atoms with E-state index in [4.69, 9.17) is 5.73 Å². The van der Waals surface area contributed by atoms with E-state index < -0.39 is 0 Å². The molecule has 2 aromatic rings. The first kappa shape index (κ1) is 12.1. The molecule has 2 heterocycles. The monoisotopic (exact) mass is 274 g/mol. The lowest BCUT2D eigenvalue weighted by Crippen LogP contribution is -2.34. The summed E-state index contributed by atoms with van der Waals surface area (Å²) in [6.07, 6.45) is 0. The SMILES string of the molecule is CC(N)c1csc(N2CC(=O)Nc3ccccc32)n1. The number of nitrogens with one attached hydrogen (secondary N) is 1. The van der Waals surface area contributed by atoms with E-state index in [9.17, 15) is 4.79 Å². The Morgan fingerprint density at radius 1 is 1.47 bits per heavy atom. The maximum Gasteiger partial charge on any atom is 0.244 e. The molecule has 1 atom stereocenters. The molecule has 0 fully saturated rings. The number of para-hydroxylation sites is 2. The highest BCUT2D eigenvalue weighted by Crippen LogP contribution is 2.36. The van der Waals surface area contributed by atoms with Gasteiger partial charge < -0.3 is 16.0 Å². The number of amides is 1. The molecular weight excluding hydrogens is 260 g/mol. The third-order valence-corrected chi connectivity index (χ3v) is 3.86. The average Bonchev–Trinajstić information content (AvgIpc) is 2.87. The Labute approximate surface area is 115 Å². The number of carbonyl (C=O) groups excluding carboxylic acids is 1. The lowest BCUT2D eigenvalue weighted by atomic mass is 10.2. The third-order valence-electron chi connectivity index (χ3n) is 2.98. The van der Waals surface area contributed by atoms with Crippen molar-refractivity contribution in [2.24, 2.45) is 5.73 Å². The summed E-state index contributed by atoms with van der Waals surface area (Å²) in [6, 6.07) is 7.61. The molecule has 3 rings (SSSR count). The summed E-state index contributed by atoms with van der Waals surface area (Å²) in [5.74, 6) is -0.0313. The Bertz CT molecular complexity index is 623. The number of nitrogens with two attached hydrogens (primary N) is 1. The molecule has 3 N–H and O–H groups in total. The van der Waals surface area contributed by atoms with Crippen LogP contribution in [0.2, 0.25) is 0 Å². The van der Waals surface area contributed by atoms with Gasteiger partial charge in [-0.05, 0) is 19.1 Å². The number of nitrogens with zero attached hydrogens (tertiary/aromatic N) is 2. The molecule has 5 nitrogen and oxygen atoms in total. The topological polar surface area (TPSA) is 71.2 Å². The van der Waals surface area contributed by atoms with Crippen molar-refractivity contribution in [2.45, 2.75) is 13.0 Å². The van der Waals surface area contributed by atoms with Crippen LogP contribution < -0.4 is 16.0 Å². The normalized spacial score (nSPS) is 15.9. The second-order valence-corrected chi connectivity index (χ2v) is 5.33. The summed E-state index contributed by atoms with van der Waals surface area (Å²) >= 11 is 1.50. The van der Waals surface area contributed by atoms with E-state index in [0.717, 1.165) is 22.2 Å². The first-order chi connectivity index (χ1) is 9.15. The van der Waals surface area contributed by atoms with Crippen molar-refractivity contribution in [3.63, 3.8) is 0 Å². The summed E-state index contributed by atoms with van der Waals surface area (Å²) in [5.41, 5.74) is 8.46. The van der Waals surface area contributed by atoms with Gasteiger partial charge in [0.2, 0.25) is 5.91 Å². The second-order valence-electron chi connectivity index (χ2n) is 4.50. The van der Waals surface area contributed by atoms with Crippen molar-refractivity contribution < 1.29 is 4.79 Å². The van der Waals surface area contributed by atoms with Crippen molar-refractivity contribution in [3.8, 4) is 0 Å². The van der Waals surface area contributed by atoms with Crippen LogP contribution in [0.1, 0.15) is 18.7 Å². The van der Waals surface area contributed by atoms with Crippen molar-refractivity contribution in [2.75, 3.05) is 16.8 Å². The summed E-state index contributed by atoms with van der Waals surface area (Å²) in [4.78, 5) is 18.2. The quantitative estimate of drug-likeness (QED) is 0.881. The molecule has 1 amide bonds. The minimum absolute atomic E-state index is 0.0313. The zero-order valence-electron chi connectivity index (χ0n) is 10.5. The van der Waals surface area contributed by atoms with Gasteiger partial charge >= 0.3 is 0 Å². The Morgan fingerprint density at radius 2 is 2.26 bits per heavy atom. The second kappa shape index (κ2) is 4.64. The summed E-state index contributed by atoms with van der Waals surface area (Å²) in [5, 5.41) is 5.60. The average molecular weight is 274 g/mol. The maximum atomic E-state index is 11.7. The predicted octanol–water partition coefficient (Wildman–Crippen LogP) is 2.25. The zero-order valence-corrected chi connectivity index (χ0v) is 11.3. The number of hydrogen-bond acceptors (Lipinski definition) is 5. The van der Waals surface area contributed by atoms with E-state index in [1.54, 1.807) is 0 Å². The van der Waals surface area contributed by atoms with Gasteiger partial charge in [0, 0.05) is 11.4 Å². The van der Waals surface area contributed by atoms with Gasteiger partial charge in [0.05, 0.1) is 17.1 Å². The van der Waals surface area contributed by atoms with Gasteiger partial charge in [-0.25, -0.2) is 4.98 Å². The van der Waals surface area contributed by atoms with Crippen LogP contribution in [0.25, 0.3) is 0 Å². The van der Waals surface area contributed by atoms with Gasteiger partial charge in [-0.1, -0.05) is 12.1 Å². The summed E-state index contributed by atoms with van der Waals surface area (Å²) in [6.45, 7) is 2.18. The van der Waals surface area contributed by atoms with Gasteiger partial charge in [0.25, 0.3) is 0 Å². The molecule has 1 aromatic carbocycles. The molecule has 19 heavy (non-hydrogen) atoms. The molecule has 1 unspecified atom stereocenters. The van der Waals surface area contributed by atoms with Crippen LogP contribution in [0.4, 0.5) is 16.5 Å². The first-order valence-corrected chi connectivity index (χ1v) is 6.90. The fourth-order valence-corrected chi connectivity index (χ4v) is 2.95. The molecule has 1 aromatic heterocycles. The molecule has 0 saturated heterocycles. The number of benzene rings is 1. The van der Waals surface area contributed by atoms with Crippen molar-refractivity contribution in [3.05, 3.63) is 35.3 Å². The van der Waals surface area contributed by atoms with Gasteiger partial charge in [-0.15, -0.1) is 11.3 Å². The maximum absolute atomic E-state index is 11.7. The van der Waals surface area contributed by atoms with E-state index in [1.807, 2.05) is 41.5 Å². The number of anilines is 3. The third kappa shape index (κ3) is 2.20. The molecular formula is C13H14N4OS. The van der Waals surface area contributed by atoms with Crippen molar-refractivity contribution in [1.82, 2.24) is 4.98 Å². The van der Waals surface area contributed by atoms with Gasteiger partial charge in [0.15, 0.2) is 5.13 Å². The van der Waals surface area contributed by atoms with Gasteiger partial charge in [0.1, 0.15) is 6.54 Å². The molecule has 0 saturated carbocycles. The standard InChI is InChI=1S/C13H14N4OS/c1-8(14)10-7-19-13(16-10)17-6-12(18)15-9-4-2-3-5-11(9)17/h2-5,7-8H,6,14H2,1H3,(H,15,18).